The number of alkyl halides is 3. The van der Waals surface area contributed by atoms with E-state index >= 15 is 0 Å². The Morgan fingerprint density at radius 1 is 0.970 bits per heavy atom. The molecule has 2 aromatic carbocycles. The Balaban J connectivity index is 1.71. The lowest BCUT2D eigenvalue weighted by molar-refractivity contribution is -0.262. The molecular formula is C23H28F3NO6. The number of hydrogen-bond donors (Lipinski definition) is 4. The van der Waals surface area contributed by atoms with Crippen molar-refractivity contribution in [1.29, 1.82) is 0 Å². The average Bonchev–Trinajstić information content (AvgIpc) is 2.80. The van der Waals surface area contributed by atoms with Crippen molar-refractivity contribution >= 4 is 0 Å². The molecule has 2 aromatic rings. The number of aliphatic hydroxyl groups is 4. The van der Waals surface area contributed by atoms with E-state index in [2.05, 4.69) is 0 Å². The molecule has 1 aliphatic heterocycles. The molecule has 6 atom stereocenters. The normalized spacial score (nSPS) is 26.9. The molecule has 1 aliphatic rings. The summed E-state index contributed by atoms with van der Waals surface area (Å²) in [5.74, 6) is 0.271. The van der Waals surface area contributed by atoms with Gasteiger partial charge < -0.3 is 29.9 Å². The second-order valence-corrected chi connectivity index (χ2v) is 8.03. The summed E-state index contributed by atoms with van der Waals surface area (Å²) in [7, 11) is 1.65. The highest BCUT2D eigenvalue weighted by atomic mass is 19.4. The molecule has 1 fully saturated rings. The zero-order chi connectivity index (χ0) is 24.2. The topological polar surface area (TPSA) is 103 Å². The van der Waals surface area contributed by atoms with Crippen LogP contribution in [0.15, 0.2) is 54.6 Å². The van der Waals surface area contributed by atoms with Gasteiger partial charge in [0.05, 0.1) is 12.2 Å². The third kappa shape index (κ3) is 6.23. The van der Waals surface area contributed by atoms with Gasteiger partial charge in [0.2, 0.25) is 0 Å². The molecule has 0 spiro atoms. The first-order chi connectivity index (χ1) is 15.6. The summed E-state index contributed by atoms with van der Waals surface area (Å²) in [6.07, 6.45) is -10.9. The lowest BCUT2D eigenvalue weighted by Crippen LogP contribution is -2.62. The number of hydrogen-bond acceptors (Lipinski definition) is 7. The van der Waals surface area contributed by atoms with Crippen molar-refractivity contribution in [2.24, 2.45) is 0 Å². The first-order valence-electron chi connectivity index (χ1n) is 10.5. The van der Waals surface area contributed by atoms with Crippen molar-refractivity contribution in [3.63, 3.8) is 0 Å². The first-order valence-corrected chi connectivity index (χ1v) is 10.5. The van der Waals surface area contributed by atoms with Gasteiger partial charge in [0, 0.05) is 13.0 Å². The fourth-order valence-electron chi connectivity index (χ4n) is 3.74. The average molecular weight is 471 g/mol. The van der Waals surface area contributed by atoms with Gasteiger partial charge in [0.1, 0.15) is 42.5 Å². The molecule has 0 saturated carbocycles. The van der Waals surface area contributed by atoms with Crippen LogP contribution in [0, 0.1) is 0 Å². The fourth-order valence-corrected chi connectivity index (χ4v) is 3.74. The maximum Gasteiger partial charge on any atom is 0.416 e. The quantitative estimate of drug-likeness (QED) is 0.467. The molecule has 1 heterocycles. The summed E-state index contributed by atoms with van der Waals surface area (Å²) < 4.78 is 50.1. The molecule has 0 bridgehead atoms. The maximum atomic E-state index is 12.8. The van der Waals surface area contributed by atoms with E-state index in [1.807, 2.05) is 30.3 Å². The van der Waals surface area contributed by atoms with Gasteiger partial charge in [-0.2, -0.15) is 13.2 Å². The van der Waals surface area contributed by atoms with Crippen LogP contribution < -0.4 is 4.74 Å². The van der Waals surface area contributed by atoms with E-state index < -0.39 is 55.1 Å². The number of likely N-dealkylation sites (N-methyl/N-ethyl adjacent to an activating group) is 1. The largest absolute Gasteiger partial charge is 0.486 e. The lowest BCUT2D eigenvalue weighted by atomic mass is 9.97. The zero-order valence-corrected chi connectivity index (χ0v) is 18.0. The van der Waals surface area contributed by atoms with Gasteiger partial charge >= 0.3 is 6.18 Å². The van der Waals surface area contributed by atoms with E-state index in [0.29, 0.717) is 13.0 Å². The second kappa shape index (κ2) is 10.8. The smallest absolute Gasteiger partial charge is 0.416 e. The summed E-state index contributed by atoms with van der Waals surface area (Å²) >= 11 is 0. The molecule has 4 N–H and O–H groups in total. The Morgan fingerprint density at radius 3 is 2.18 bits per heavy atom. The Morgan fingerprint density at radius 2 is 1.61 bits per heavy atom. The highest BCUT2D eigenvalue weighted by molar-refractivity contribution is 5.30. The molecular weight excluding hydrogens is 443 g/mol. The second-order valence-electron chi connectivity index (χ2n) is 8.03. The number of rotatable bonds is 8. The molecule has 1 saturated heterocycles. The van der Waals surface area contributed by atoms with E-state index in [1.54, 1.807) is 11.9 Å². The third-order valence-electron chi connectivity index (χ3n) is 5.68. The molecule has 0 radical (unpaired) electrons. The number of nitrogens with zero attached hydrogens (tertiary/aromatic N) is 1. The zero-order valence-electron chi connectivity index (χ0n) is 18.0. The predicted molar refractivity (Wildman–Crippen MR) is 112 cm³/mol. The van der Waals surface area contributed by atoms with Crippen molar-refractivity contribution in [3.05, 3.63) is 65.7 Å². The van der Waals surface area contributed by atoms with Crippen LogP contribution in [0.3, 0.4) is 0 Å². The van der Waals surface area contributed by atoms with E-state index in [1.165, 1.54) is 12.1 Å². The number of benzene rings is 2. The number of ether oxygens (including phenoxy) is 2. The number of halogens is 3. The summed E-state index contributed by atoms with van der Waals surface area (Å²) in [6.45, 7) is -0.220. The predicted octanol–water partition coefficient (Wildman–Crippen LogP) is 1.95. The third-order valence-corrected chi connectivity index (χ3v) is 5.68. The van der Waals surface area contributed by atoms with Crippen molar-refractivity contribution < 1.29 is 43.1 Å². The van der Waals surface area contributed by atoms with Gasteiger partial charge in [-0.3, -0.25) is 4.90 Å². The highest BCUT2D eigenvalue weighted by Gasteiger charge is 2.44. The molecule has 0 amide bonds. The van der Waals surface area contributed by atoms with Crippen LogP contribution in [0.5, 0.6) is 5.75 Å². The van der Waals surface area contributed by atoms with Crippen molar-refractivity contribution in [2.75, 3.05) is 20.2 Å². The van der Waals surface area contributed by atoms with Crippen LogP contribution in [-0.4, -0.2) is 76.2 Å². The molecule has 7 nitrogen and oxygen atoms in total. The van der Waals surface area contributed by atoms with Gasteiger partial charge in [-0.1, -0.05) is 30.3 Å². The molecule has 33 heavy (non-hydrogen) atoms. The molecule has 10 heteroatoms. The van der Waals surface area contributed by atoms with Crippen LogP contribution in [0.2, 0.25) is 0 Å². The van der Waals surface area contributed by atoms with E-state index in [4.69, 9.17) is 9.47 Å². The maximum absolute atomic E-state index is 12.8. The van der Waals surface area contributed by atoms with E-state index in [-0.39, 0.29) is 5.75 Å². The minimum atomic E-state index is -4.44. The van der Waals surface area contributed by atoms with E-state index in [9.17, 15) is 33.6 Å². The van der Waals surface area contributed by atoms with E-state index in [0.717, 1.165) is 17.7 Å². The summed E-state index contributed by atoms with van der Waals surface area (Å²) in [6, 6.07) is 13.6. The van der Waals surface area contributed by atoms with Crippen LogP contribution in [0.4, 0.5) is 13.2 Å². The molecule has 0 aromatic heterocycles. The molecule has 0 aliphatic carbocycles. The van der Waals surface area contributed by atoms with Crippen LogP contribution in [0.25, 0.3) is 0 Å². The molecule has 182 valence electrons. The Bertz CT molecular complexity index is 865. The standard InChI is InChI=1S/C23H28F3NO6/c1-27(22-21(31)20(30)19(29)18(13-28)33-22)12-11-17(14-5-3-2-4-6-14)32-16-9-7-15(8-10-16)23(24,25)26/h2-10,17-22,28-31H,11-13H2,1H3/t17?,18-,19-,20+,21-,22?/m1/s1. The van der Waals surface area contributed by atoms with Crippen molar-refractivity contribution in [3.8, 4) is 5.75 Å². The summed E-state index contributed by atoms with van der Waals surface area (Å²) in [5, 5.41) is 39.7. The van der Waals surface area contributed by atoms with Gasteiger partial charge in [0.25, 0.3) is 0 Å². The summed E-state index contributed by atoms with van der Waals surface area (Å²) in [4.78, 5) is 1.62. The first kappa shape index (κ1) is 25.4. The van der Waals surface area contributed by atoms with Crippen molar-refractivity contribution in [2.45, 2.75) is 49.3 Å². The fraction of sp³-hybridized carbons (Fsp3) is 0.478. The van der Waals surface area contributed by atoms with Gasteiger partial charge in [-0.05, 0) is 36.9 Å². The highest BCUT2D eigenvalue weighted by Crippen LogP contribution is 2.32. The van der Waals surface area contributed by atoms with Crippen molar-refractivity contribution in [1.82, 2.24) is 4.90 Å². The molecule has 3 rings (SSSR count). The SMILES string of the molecule is CN(CCC(Oc1ccc(C(F)(F)F)cc1)c1ccccc1)C1O[C@H](CO)[C@@H](O)[C@H](O)[C@H]1O. The summed E-state index contributed by atoms with van der Waals surface area (Å²) in [5.41, 5.74) is 0.0352. The minimum absolute atomic E-state index is 0.271. The van der Waals surface area contributed by atoms with Crippen LogP contribution in [0.1, 0.15) is 23.7 Å². The number of aliphatic hydroxyl groups excluding tert-OH is 4. The minimum Gasteiger partial charge on any atom is -0.486 e. The van der Waals surface area contributed by atoms with Gasteiger partial charge in [-0.25, -0.2) is 0 Å². The van der Waals surface area contributed by atoms with Gasteiger partial charge in [-0.15, -0.1) is 0 Å². The van der Waals surface area contributed by atoms with Gasteiger partial charge in [0.15, 0.2) is 0 Å². The Kier molecular flexibility index (Phi) is 8.33. The Hall–Kier alpha value is -2.21. The molecule has 2 unspecified atom stereocenters. The Labute approximate surface area is 189 Å². The van der Waals surface area contributed by atoms with Crippen LogP contribution >= 0.6 is 0 Å². The monoisotopic (exact) mass is 471 g/mol. The van der Waals surface area contributed by atoms with Crippen LogP contribution in [-0.2, 0) is 10.9 Å². The lowest BCUT2D eigenvalue weighted by Gasteiger charge is -2.43.